The van der Waals surface area contributed by atoms with Gasteiger partial charge in [0.2, 0.25) is 0 Å². The fraction of sp³-hybridized carbons (Fsp3) is 0.294. The van der Waals surface area contributed by atoms with Crippen molar-refractivity contribution >= 4 is 0 Å². The zero-order chi connectivity index (χ0) is 13.5. The molecule has 2 rings (SSSR count). The minimum absolute atomic E-state index is 0.0218. The average molecular weight is 256 g/mol. The first-order chi connectivity index (χ1) is 9.31. The minimum Gasteiger partial charge on any atom is -0.396 e. The molecule has 0 radical (unpaired) electrons. The Morgan fingerprint density at radius 1 is 0.842 bits per heavy atom. The van der Waals surface area contributed by atoms with Gasteiger partial charge in [0.05, 0.1) is 6.10 Å². The summed E-state index contributed by atoms with van der Waals surface area (Å²) in [6, 6.07) is 19.9. The second-order valence-corrected chi connectivity index (χ2v) is 4.79. The molecule has 0 bridgehead atoms. The summed E-state index contributed by atoms with van der Waals surface area (Å²) in [5.74, 6) is -0.0218. The molecule has 0 aliphatic rings. The SMILES string of the molecule is OCCC(c1ccccc1)C(O)Cc1ccccc1. The van der Waals surface area contributed by atoms with Crippen molar-refractivity contribution in [2.45, 2.75) is 24.9 Å². The quantitative estimate of drug-likeness (QED) is 0.834. The molecule has 2 heteroatoms. The predicted molar refractivity (Wildman–Crippen MR) is 77.0 cm³/mol. The number of rotatable bonds is 6. The third-order valence-electron chi connectivity index (χ3n) is 3.42. The molecule has 2 aromatic carbocycles. The third-order valence-corrected chi connectivity index (χ3v) is 3.42. The first kappa shape index (κ1) is 13.8. The molecule has 0 saturated carbocycles. The van der Waals surface area contributed by atoms with Crippen molar-refractivity contribution in [3.8, 4) is 0 Å². The van der Waals surface area contributed by atoms with Crippen LogP contribution in [0.3, 0.4) is 0 Å². The molecule has 2 atom stereocenters. The Bertz CT molecular complexity index is 467. The second-order valence-electron chi connectivity index (χ2n) is 4.79. The standard InChI is InChI=1S/C17H20O2/c18-12-11-16(15-9-5-2-6-10-15)17(19)13-14-7-3-1-4-8-14/h1-10,16-19H,11-13H2. The van der Waals surface area contributed by atoms with Crippen LogP contribution >= 0.6 is 0 Å². The van der Waals surface area contributed by atoms with Crippen LogP contribution in [-0.4, -0.2) is 22.9 Å². The Morgan fingerprint density at radius 3 is 2.00 bits per heavy atom. The minimum atomic E-state index is -0.475. The molecule has 2 nitrogen and oxygen atoms in total. The van der Waals surface area contributed by atoms with Crippen LogP contribution in [0.2, 0.25) is 0 Å². The van der Waals surface area contributed by atoms with Crippen LogP contribution in [0.15, 0.2) is 60.7 Å². The van der Waals surface area contributed by atoms with Crippen LogP contribution < -0.4 is 0 Å². The summed E-state index contributed by atoms with van der Waals surface area (Å²) in [6.45, 7) is 0.0887. The highest BCUT2D eigenvalue weighted by molar-refractivity contribution is 5.23. The van der Waals surface area contributed by atoms with Crippen molar-refractivity contribution in [2.75, 3.05) is 6.61 Å². The Kier molecular flexibility index (Phi) is 5.13. The summed E-state index contributed by atoms with van der Waals surface area (Å²) in [5.41, 5.74) is 2.20. The highest BCUT2D eigenvalue weighted by Gasteiger charge is 2.20. The van der Waals surface area contributed by atoms with Crippen molar-refractivity contribution in [3.63, 3.8) is 0 Å². The predicted octanol–water partition coefficient (Wildman–Crippen LogP) is 2.76. The van der Waals surface area contributed by atoms with Gasteiger partial charge in [-0.1, -0.05) is 60.7 Å². The molecule has 0 spiro atoms. The van der Waals surface area contributed by atoms with Crippen LogP contribution in [0.4, 0.5) is 0 Å². The van der Waals surface area contributed by atoms with Gasteiger partial charge < -0.3 is 10.2 Å². The Morgan fingerprint density at radius 2 is 1.42 bits per heavy atom. The van der Waals surface area contributed by atoms with E-state index in [9.17, 15) is 10.2 Å². The van der Waals surface area contributed by atoms with Gasteiger partial charge in [-0.25, -0.2) is 0 Å². The zero-order valence-corrected chi connectivity index (χ0v) is 10.9. The molecular weight excluding hydrogens is 236 g/mol. The number of aliphatic hydroxyl groups is 2. The van der Waals surface area contributed by atoms with Gasteiger partial charge >= 0.3 is 0 Å². The number of hydrogen-bond donors (Lipinski definition) is 2. The fourth-order valence-electron chi connectivity index (χ4n) is 2.42. The van der Waals surface area contributed by atoms with Gasteiger partial charge in [0.15, 0.2) is 0 Å². The molecule has 0 aliphatic carbocycles. The Balaban J connectivity index is 2.11. The van der Waals surface area contributed by atoms with E-state index in [1.54, 1.807) is 0 Å². The lowest BCUT2D eigenvalue weighted by Gasteiger charge is -2.23. The average Bonchev–Trinajstić information content (AvgIpc) is 2.46. The highest BCUT2D eigenvalue weighted by Crippen LogP contribution is 2.25. The van der Waals surface area contributed by atoms with Crippen molar-refractivity contribution < 1.29 is 10.2 Å². The summed E-state index contributed by atoms with van der Waals surface area (Å²) in [6.07, 6.45) is 0.718. The van der Waals surface area contributed by atoms with Crippen LogP contribution in [0.5, 0.6) is 0 Å². The van der Waals surface area contributed by atoms with Crippen LogP contribution in [0, 0.1) is 0 Å². The maximum atomic E-state index is 10.4. The smallest absolute Gasteiger partial charge is 0.0649 e. The molecule has 0 saturated heterocycles. The molecule has 2 aromatic rings. The third kappa shape index (κ3) is 3.91. The zero-order valence-electron chi connectivity index (χ0n) is 10.9. The molecule has 0 fully saturated rings. The first-order valence-electron chi connectivity index (χ1n) is 6.69. The summed E-state index contributed by atoms with van der Waals surface area (Å²) in [7, 11) is 0. The van der Waals surface area contributed by atoms with E-state index >= 15 is 0 Å². The first-order valence-corrected chi connectivity index (χ1v) is 6.69. The van der Waals surface area contributed by atoms with E-state index in [2.05, 4.69) is 0 Å². The van der Waals surface area contributed by atoms with Crippen molar-refractivity contribution in [1.29, 1.82) is 0 Å². The van der Waals surface area contributed by atoms with E-state index < -0.39 is 6.10 Å². The van der Waals surface area contributed by atoms with E-state index in [0.29, 0.717) is 12.8 Å². The second kappa shape index (κ2) is 7.07. The largest absolute Gasteiger partial charge is 0.396 e. The molecule has 100 valence electrons. The summed E-state index contributed by atoms with van der Waals surface area (Å²) in [4.78, 5) is 0. The van der Waals surface area contributed by atoms with E-state index in [4.69, 9.17) is 0 Å². The summed E-state index contributed by atoms with van der Waals surface area (Å²) >= 11 is 0. The topological polar surface area (TPSA) is 40.5 Å². The van der Waals surface area contributed by atoms with Crippen LogP contribution in [0.25, 0.3) is 0 Å². The van der Waals surface area contributed by atoms with Gasteiger partial charge in [0.1, 0.15) is 0 Å². The van der Waals surface area contributed by atoms with Gasteiger partial charge in [-0.3, -0.25) is 0 Å². The summed E-state index contributed by atoms with van der Waals surface area (Å²) in [5, 5.41) is 19.6. The van der Waals surface area contributed by atoms with E-state index in [1.807, 2.05) is 60.7 Å². The van der Waals surface area contributed by atoms with Crippen LogP contribution in [0.1, 0.15) is 23.5 Å². The molecule has 0 aliphatic heterocycles. The van der Waals surface area contributed by atoms with Crippen molar-refractivity contribution in [1.82, 2.24) is 0 Å². The van der Waals surface area contributed by atoms with Crippen molar-refractivity contribution in [3.05, 3.63) is 71.8 Å². The van der Waals surface area contributed by atoms with Crippen molar-refractivity contribution in [2.24, 2.45) is 0 Å². The Hall–Kier alpha value is -1.64. The monoisotopic (exact) mass is 256 g/mol. The van der Waals surface area contributed by atoms with E-state index in [0.717, 1.165) is 11.1 Å². The molecule has 0 aromatic heterocycles. The maximum Gasteiger partial charge on any atom is 0.0649 e. The number of benzene rings is 2. The maximum absolute atomic E-state index is 10.4. The number of hydrogen-bond acceptors (Lipinski definition) is 2. The van der Waals surface area contributed by atoms with Crippen LogP contribution in [-0.2, 0) is 6.42 Å². The van der Waals surface area contributed by atoms with Gasteiger partial charge in [-0.15, -0.1) is 0 Å². The number of aliphatic hydroxyl groups excluding tert-OH is 2. The lowest BCUT2D eigenvalue weighted by atomic mass is 9.87. The fourth-order valence-corrected chi connectivity index (χ4v) is 2.42. The molecule has 19 heavy (non-hydrogen) atoms. The van der Waals surface area contributed by atoms with Gasteiger partial charge in [0, 0.05) is 12.5 Å². The van der Waals surface area contributed by atoms with E-state index in [1.165, 1.54) is 0 Å². The molecule has 2 N–H and O–H groups in total. The Labute approximate surface area is 114 Å². The normalized spacial score (nSPS) is 14.0. The lowest BCUT2D eigenvalue weighted by Crippen LogP contribution is -2.22. The molecule has 0 amide bonds. The van der Waals surface area contributed by atoms with Gasteiger partial charge in [0.25, 0.3) is 0 Å². The van der Waals surface area contributed by atoms with Gasteiger partial charge in [-0.05, 0) is 24.0 Å². The van der Waals surface area contributed by atoms with E-state index in [-0.39, 0.29) is 12.5 Å². The molecule has 0 heterocycles. The highest BCUT2D eigenvalue weighted by atomic mass is 16.3. The lowest BCUT2D eigenvalue weighted by molar-refractivity contribution is 0.126. The summed E-state index contributed by atoms with van der Waals surface area (Å²) < 4.78 is 0. The molecule has 2 unspecified atom stereocenters. The van der Waals surface area contributed by atoms with Gasteiger partial charge in [-0.2, -0.15) is 0 Å². The molecular formula is C17H20O2.